The number of fused-ring (bicyclic) bond motifs is 1. The van der Waals surface area contributed by atoms with Crippen molar-refractivity contribution < 1.29 is 9.53 Å². The molecule has 0 aliphatic heterocycles. The Labute approximate surface area is 183 Å². The number of carbonyl (C=O) groups is 1. The molecule has 0 aliphatic carbocycles. The summed E-state index contributed by atoms with van der Waals surface area (Å²) >= 11 is 0. The normalized spacial score (nSPS) is 11.9. The van der Waals surface area contributed by atoms with Crippen LogP contribution in [0.15, 0.2) is 79.0 Å². The zero-order valence-corrected chi connectivity index (χ0v) is 18.0. The van der Waals surface area contributed by atoms with Crippen LogP contribution in [0.2, 0.25) is 0 Å². The van der Waals surface area contributed by atoms with Crippen LogP contribution in [-0.2, 0) is 17.8 Å². The largest absolute Gasteiger partial charge is 0.497 e. The van der Waals surface area contributed by atoms with Crippen molar-refractivity contribution in [2.24, 2.45) is 0 Å². The summed E-state index contributed by atoms with van der Waals surface area (Å²) in [5.74, 6) is 0.741. The zero-order valence-electron chi connectivity index (χ0n) is 18.0. The van der Waals surface area contributed by atoms with Crippen molar-refractivity contribution in [3.63, 3.8) is 0 Å². The molecule has 31 heavy (non-hydrogen) atoms. The number of carbonyl (C=O) groups excluding carboxylic acids is 1. The molecule has 4 aromatic rings. The van der Waals surface area contributed by atoms with Gasteiger partial charge in [-0.25, -0.2) is 0 Å². The first-order valence-corrected chi connectivity index (χ1v) is 10.7. The zero-order chi connectivity index (χ0) is 21.6. The Kier molecular flexibility index (Phi) is 6.37. The Morgan fingerprint density at radius 1 is 1.03 bits per heavy atom. The SMILES string of the molecule is CCc1cccc2c(C(CC(=O)NCc3ccccc3)c3cccc(OC)c3)c[nH]c12. The molecule has 0 saturated carbocycles. The maximum atomic E-state index is 13.0. The van der Waals surface area contributed by atoms with Crippen LogP contribution in [-0.4, -0.2) is 18.0 Å². The first-order valence-electron chi connectivity index (χ1n) is 10.7. The summed E-state index contributed by atoms with van der Waals surface area (Å²) in [7, 11) is 1.67. The van der Waals surface area contributed by atoms with E-state index in [1.54, 1.807) is 7.11 Å². The van der Waals surface area contributed by atoms with Crippen molar-refractivity contribution in [1.29, 1.82) is 0 Å². The van der Waals surface area contributed by atoms with Crippen LogP contribution in [0.25, 0.3) is 10.9 Å². The van der Waals surface area contributed by atoms with E-state index in [1.165, 1.54) is 10.9 Å². The second-order valence-electron chi connectivity index (χ2n) is 7.73. The van der Waals surface area contributed by atoms with Gasteiger partial charge in [-0.3, -0.25) is 4.79 Å². The molecule has 0 aliphatic rings. The number of para-hydroxylation sites is 1. The fourth-order valence-corrected chi connectivity index (χ4v) is 4.14. The Bertz CT molecular complexity index is 1160. The minimum Gasteiger partial charge on any atom is -0.497 e. The molecule has 3 aromatic carbocycles. The Morgan fingerprint density at radius 2 is 1.84 bits per heavy atom. The van der Waals surface area contributed by atoms with Crippen molar-refractivity contribution >= 4 is 16.8 Å². The van der Waals surface area contributed by atoms with E-state index in [9.17, 15) is 4.79 Å². The third kappa shape index (κ3) is 4.64. The van der Waals surface area contributed by atoms with E-state index < -0.39 is 0 Å². The highest BCUT2D eigenvalue weighted by atomic mass is 16.5. The van der Waals surface area contributed by atoms with Gasteiger partial charge < -0.3 is 15.0 Å². The molecule has 1 amide bonds. The molecule has 4 nitrogen and oxygen atoms in total. The lowest BCUT2D eigenvalue weighted by atomic mass is 9.87. The van der Waals surface area contributed by atoms with Crippen molar-refractivity contribution in [3.8, 4) is 5.75 Å². The van der Waals surface area contributed by atoms with Crippen molar-refractivity contribution in [1.82, 2.24) is 10.3 Å². The van der Waals surface area contributed by atoms with E-state index in [0.717, 1.165) is 34.4 Å². The third-order valence-corrected chi connectivity index (χ3v) is 5.81. The van der Waals surface area contributed by atoms with Gasteiger partial charge in [-0.1, -0.05) is 67.6 Å². The Balaban J connectivity index is 1.66. The van der Waals surface area contributed by atoms with Crippen LogP contribution in [0.3, 0.4) is 0 Å². The Morgan fingerprint density at radius 3 is 2.61 bits per heavy atom. The fraction of sp³-hybridized carbons (Fsp3) is 0.222. The summed E-state index contributed by atoms with van der Waals surface area (Å²) in [6.45, 7) is 2.68. The molecular formula is C27H28N2O2. The number of nitrogens with one attached hydrogen (secondary N) is 2. The molecule has 0 fully saturated rings. The fourth-order valence-electron chi connectivity index (χ4n) is 4.14. The summed E-state index contributed by atoms with van der Waals surface area (Å²) in [4.78, 5) is 16.4. The molecule has 1 heterocycles. The molecule has 1 atom stereocenters. The quantitative estimate of drug-likeness (QED) is 0.397. The van der Waals surface area contributed by atoms with E-state index in [0.29, 0.717) is 13.0 Å². The second-order valence-corrected chi connectivity index (χ2v) is 7.73. The number of aromatic nitrogens is 1. The number of hydrogen-bond donors (Lipinski definition) is 2. The van der Waals surface area contributed by atoms with Crippen molar-refractivity contribution in [2.45, 2.75) is 32.2 Å². The molecule has 1 unspecified atom stereocenters. The van der Waals surface area contributed by atoms with Crippen LogP contribution in [0.1, 0.15) is 41.5 Å². The topological polar surface area (TPSA) is 54.1 Å². The number of methoxy groups -OCH3 is 1. The van der Waals surface area contributed by atoms with Gasteiger partial charge in [0.15, 0.2) is 0 Å². The van der Waals surface area contributed by atoms with Crippen LogP contribution in [0.4, 0.5) is 0 Å². The van der Waals surface area contributed by atoms with Gasteiger partial charge in [0.2, 0.25) is 5.91 Å². The maximum absolute atomic E-state index is 13.0. The molecule has 0 spiro atoms. The average Bonchev–Trinajstić information content (AvgIpc) is 3.26. The van der Waals surface area contributed by atoms with Gasteiger partial charge in [-0.05, 0) is 40.8 Å². The second kappa shape index (κ2) is 9.52. The first kappa shape index (κ1) is 20.7. The predicted octanol–water partition coefficient (Wildman–Crippen LogP) is 5.58. The smallest absolute Gasteiger partial charge is 0.221 e. The molecule has 4 heteroatoms. The number of ether oxygens (including phenoxy) is 1. The van der Waals surface area contributed by atoms with E-state index in [-0.39, 0.29) is 11.8 Å². The maximum Gasteiger partial charge on any atom is 0.221 e. The van der Waals surface area contributed by atoms with Crippen molar-refractivity contribution in [2.75, 3.05) is 7.11 Å². The van der Waals surface area contributed by atoms with Crippen LogP contribution in [0.5, 0.6) is 5.75 Å². The molecule has 0 bridgehead atoms. The molecule has 0 saturated heterocycles. The summed E-state index contributed by atoms with van der Waals surface area (Å²) in [6, 6.07) is 24.4. The van der Waals surface area contributed by atoms with Gasteiger partial charge in [0.05, 0.1) is 7.11 Å². The summed E-state index contributed by atoms with van der Waals surface area (Å²) < 4.78 is 5.45. The monoisotopic (exact) mass is 412 g/mol. The number of aryl methyl sites for hydroxylation is 1. The van der Waals surface area contributed by atoms with Crippen molar-refractivity contribution in [3.05, 3.63) is 101 Å². The van der Waals surface area contributed by atoms with E-state index in [4.69, 9.17) is 4.74 Å². The van der Waals surface area contributed by atoms with Gasteiger partial charge >= 0.3 is 0 Å². The third-order valence-electron chi connectivity index (χ3n) is 5.81. The number of rotatable bonds is 8. The summed E-state index contributed by atoms with van der Waals surface area (Å²) in [5, 5.41) is 4.25. The van der Waals surface area contributed by atoms with E-state index >= 15 is 0 Å². The number of H-pyrrole nitrogens is 1. The molecule has 1 aromatic heterocycles. The predicted molar refractivity (Wildman–Crippen MR) is 125 cm³/mol. The molecule has 2 N–H and O–H groups in total. The van der Waals surface area contributed by atoms with Crippen LogP contribution in [0, 0.1) is 0 Å². The number of hydrogen-bond acceptors (Lipinski definition) is 2. The van der Waals surface area contributed by atoms with Gasteiger partial charge in [0, 0.05) is 36.0 Å². The lowest BCUT2D eigenvalue weighted by Gasteiger charge is -2.18. The van der Waals surface area contributed by atoms with Gasteiger partial charge in [-0.15, -0.1) is 0 Å². The molecule has 158 valence electrons. The van der Waals surface area contributed by atoms with E-state index in [1.807, 2.05) is 48.5 Å². The number of amides is 1. The average molecular weight is 413 g/mol. The summed E-state index contributed by atoms with van der Waals surface area (Å²) in [5.41, 5.74) is 5.72. The highest BCUT2D eigenvalue weighted by Gasteiger charge is 2.22. The minimum absolute atomic E-state index is 0.0256. The van der Waals surface area contributed by atoms with Gasteiger partial charge in [0.1, 0.15) is 5.75 Å². The van der Waals surface area contributed by atoms with Gasteiger partial charge in [0.25, 0.3) is 0 Å². The van der Waals surface area contributed by atoms with Gasteiger partial charge in [-0.2, -0.15) is 0 Å². The Hall–Kier alpha value is -3.53. The van der Waals surface area contributed by atoms with E-state index in [2.05, 4.69) is 47.7 Å². The van der Waals surface area contributed by atoms with Crippen LogP contribution < -0.4 is 10.1 Å². The van der Waals surface area contributed by atoms with Crippen LogP contribution >= 0.6 is 0 Å². The minimum atomic E-state index is -0.0771. The molecular weight excluding hydrogens is 384 g/mol. The number of aromatic amines is 1. The lowest BCUT2D eigenvalue weighted by Crippen LogP contribution is -2.25. The molecule has 4 rings (SSSR count). The lowest BCUT2D eigenvalue weighted by molar-refractivity contribution is -0.121. The highest BCUT2D eigenvalue weighted by molar-refractivity contribution is 5.88. The number of benzene rings is 3. The first-order chi connectivity index (χ1) is 15.2. The standard InChI is InChI=1S/C27H28N2O2/c1-3-20-11-8-14-23-25(18-29-27(20)23)24(21-12-7-13-22(15-21)31-2)16-26(30)28-17-19-9-5-4-6-10-19/h4-15,18,24,29H,3,16-17H2,1-2H3,(H,28,30). The highest BCUT2D eigenvalue weighted by Crippen LogP contribution is 2.35. The molecule has 0 radical (unpaired) electrons. The summed E-state index contributed by atoms with van der Waals surface area (Å²) in [6.07, 6.45) is 3.38.